The number of hydrogen-bond acceptors (Lipinski definition) is 4. The molecule has 1 heterocycles. The fourth-order valence-corrected chi connectivity index (χ4v) is 1.90. The number of nitrogens with zero attached hydrogens (tertiary/aromatic N) is 1. The predicted octanol–water partition coefficient (Wildman–Crippen LogP) is 0.268. The molecule has 1 amide bonds. The third kappa shape index (κ3) is 2.44. The van der Waals surface area contributed by atoms with Crippen molar-refractivity contribution in [2.45, 2.75) is 19.8 Å². The Hall–Kier alpha value is -1.30. The van der Waals surface area contributed by atoms with Crippen LogP contribution in [0.2, 0.25) is 0 Å². The molecule has 0 radical (unpaired) electrons. The Kier molecular flexibility index (Phi) is 4.12. The van der Waals surface area contributed by atoms with Gasteiger partial charge in [0.15, 0.2) is 0 Å². The van der Waals surface area contributed by atoms with E-state index in [1.807, 2.05) is 0 Å². The molecule has 1 rings (SSSR count). The molecule has 6 heteroatoms. The molecule has 1 fully saturated rings. The summed E-state index contributed by atoms with van der Waals surface area (Å²) in [5.74, 6) is -0.303. The normalized spacial score (nSPS) is 19.2. The van der Waals surface area contributed by atoms with E-state index in [0.717, 1.165) is 0 Å². The zero-order chi connectivity index (χ0) is 12.2. The Morgan fingerprint density at radius 2 is 2.00 bits per heavy atom. The van der Waals surface area contributed by atoms with Gasteiger partial charge in [0, 0.05) is 19.6 Å². The molecule has 0 aromatic carbocycles. The summed E-state index contributed by atoms with van der Waals surface area (Å²) in [4.78, 5) is 23.8. The molecule has 6 nitrogen and oxygen atoms in total. The molecule has 0 aromatic heterocycles. The maximum atomic E-state index is 11.8. The molecule has 3 N–H and O–H groups in total. The van der Waals surface area contributed by atoms with Gasteiger partial charge >= 0.3 is 12.1 Å². The number of carbonyl (C=O) groups is 2. The lowest BCUT2D eigenvalue weighted by atomic mass is 9.78. The molecule has 0 unspecified atom stereocenters. The topological polar surface area (TPSA) is 92.9 Å². The summed E-state index contributed by atoms with van der Waals surface area (Å²) < 4.78 is 4.99. The van der Waals surface area contributed by atoms with Crippen LogP contribution in [0.15, 0.2) is 0 Å². The summed E-state index contributed by atoms with van der Waals surface area (Å²) >= 11 is 0. The molecule has 0 atom stereocenters. The zero-order valence-electron chi connectivity index (χ0n) is 9.44. The van der Waals surface area contributed by atoms with Crippen molar-refractivity contribution in [2.24, 2.45) is 11.1 Å². The van der Waals surface area contributed by atoms with Crippen molar-refractivity contribution in [1.82, 2.24) is 4.90 Å². The lowest BCUT2D eigenvalue weighted by Crippen LogP contribution is -2.50. The van der Waals surface area contributed by atoms with E-state index >= 15 is 0 Å². The van der Waals surface area contributed by atoms with E-state index in [9.17, 15) is 9.59 Å². The first-order valence-corrected chi connectivity index (χ1v) is 5.41. The van der Waals surface area contributed by atoms with Crippen LogP contribution >= 0.6 is 0 Å². The number of ether oxygens (including phenoxy) is 1. The smallest absolute Gasteiger partial charge is 0.407 e. The first kappa shape index (κ1) is 12.8. The lowest BCUT2D eigenvalue weighted by Gasteiger charge is -2.37. The molecular formula is C10H18N2O4. The number of carbonyl (C=O) groups excluding carboxylic acids is 1. The number of rotatable bonds is 3. The van der Waals surface area contributed by atoms with Gasteiger partial charge in [-0.05, 0) is 19.8 Å². The van der Waals surface area contributed by atoms with Crippen LogP contribution in [0.5, 0.6) is 0 Å². The fraction of sp³-hybridized carbons (Fsp3) is 0.800. The van der Waals surface area contributed by atoms with Crippen molar-refractivity contribution in [2.75, 3.05) is 26.2 Å². The quantitative estimate of drug-likeness (QED) is 0.679. The molecule has 0 aliphatic carbocycles. The molecule has 1 aliphatic heterocycles. The van der Waals surface area contributed by atoms with E-state index < -0.39 is 11.5 Å². The largest absolute Gasteiger partial charge is 0.466 e. The Balaban J connectivity index is 2.64. The summed E-state index contributed by atoms with van der Waals surface area (Å²) in [6.45, 7) is 2.95. The van der Waals surface area contributed by atoms with Gasteiger partial charge in [-0.25, -0.2) is 4.79 Å². The van der Waals surface area contributed by atoms with Crippen LogP contribution in [-0.4, -0.2) is 48.3 Å². The Bertz CT molecular complexity index is 272. The summed E-state index contributed by atoms with van der Waals surface area (Å²) in [5.41, 5.74) is 4.93. The van der Waals surface area contributed by atoms with Crippen molar-refractivity contribution in [3.8, 4) is 0 Å². The second-order valence-electron chi connectivity index (χ2n) is 3.97. The van der Waals surface area contributed by atoms with E-state index in [1.54, 1.807) is 6.92 Å². The summed E-state index contributed by atoms with van der Waals surface area (Å²) in [6, 6.07) is 0. The predicted molar refractivity (Wildman–Crippen MR) is 57.0 cm³/mol. The average molecular weight is 230 g/mol. The SMILES string of the molecule is CCOC(=O)C1(CN)CCN(C(=O)O)CC1. The highest BCUT2D eigenvalue weighted by Crippen LogP contribution is 2.31. The first-order valence-electron chi connectivity index (χ1n) is 5.41. The minimum absolute atomic E-state index is 0.208. The van der Waals surface area contributed by atoms with E-state index in [4.69, 9.17) is 15.6 Å². The van der Waals surface area contributed by atoms with Crippen LogP contribution in [0.25, 0.3) is 0 Å². The van der Waals surface area contributed by atoms with Crippen molar-refractivity contribution < 1.29 is 19.4 Å². The van der Waals surface area contributed by atoms with E-state index in [0.29, 0.717) is 32.5 Å². The van der Waals surface area contributed by atoms with E-state index in [2.05, 4.69) is 0 Å². The highest BCUT2D eigenvalue weighted by molar-refractivity contribution is 5.77. The Morgan fingerprint density at radius 1 is 1.44 bits per heavy atom. The molecule has 1 saturated heterocycles. The first-order chi connectivity index (χ1) is 7.55. The number of carboxylic acid groups (broad SMARTS) is 1. The monoisotopic (exact) mass is 230 g/mol. The second kappa shape index (κ2) is 5.16. The van der Waals surface area contributed by atoms with Crippen LogP contribution in [0, 0.1) is 5.41 Å². The Morgan fingerprint density at radius 3 is 2.38 bits per heavy atom. The maximum absolute atomic E-state index is 11.8. The summed E-state index contributed by atoms with van der Waals surface area (Å²) in [6.07, 6.45) is -0.0713. The molecule has 0 saturated carbocycles. The molecule has 16 heavy (non-hydrogen) atoms. The Labute approximate surface area is 94.3 Å². The number of piperidine rings is 1. The van der Waals surface area contributed by atoms with Crippen molar-refractivity contribution in [3.05, 3.63) is 0 Å². The number of nitrogens with two attached hydrogens (primary N) is 1. The van der Waals surface area contributed by atoms with Crippen LogP contribution < -0.4 is 5.73 Å². The molecule has 0 aromatic rings. The average Bonchev–Trinajstić information content (AvgIpc) is 2.29. The summed E-state index contributed by atoms with van der Waals surface area (Å²) in [5, 5.41) is 8.80. The molecule has 0 bridgehead atoms. The van der Waals surface area contributed by atoms with E-state index in [1.165, 1.54) is 4.90 Å². The maximum Gasteiger partial charge on any atom is 0.407 e. The van der Waals surface area contributed by atoms with Gasteiger partial charge in [0.2, 0.25) is 0 Å². The zero-order valence-corrected chi connectivity index (χ0v) is 9.44. The second-order valence-corrected chi connectivity index (χ2v) is 3.97. The van der Waals surface area contributed by atoms with Crippen LogP contribution in [0.3, 0.4) is 0 Å². The number of amides is 1. The van der Waals surface area contributed by atoms with Gasteiger partial charge in [0.25, 0.3) is 0 Å². The van der Waals surface area contributed by atoms with Gasteiger partial charge in [0.1, 0.15) is 0 Å². The van der Waals surface area contributed by atoms with Gasteiger partial charge in [0.05, 0.1) is 12.0 Å². The molecule has 92 valence electrons. The fourth-order valence-electron chi connectivity index (χ4n) is 1.90. The molecular weight excluding hydrogens is 212 g/mol. The van der Waals surface area contributed by atoms with Crippen molar-refractivity contribution >= 4 is 12.1 Å². The lowest BCUT2D eigenvalue weighted by molar-refractivity contribution is -0.157. The number of hydrogen-bond donors (Lipinski definition) is 2. The van der Waals surface area contributed by atoms with Crippen molar-refractivity contribution in [1.29, 1.82) is 0 Å². The molecule has 0 spiro atoms. The van der Waals surface area contributed by atoms with Crippen LogP contribution in [-0.2, 0) is 9.53 Å². The highest BCUT2D eigenvalue weighted by Gasteiger charge is 2.42. The highest BCUT2D eigenvalue weighted by atomic mass is 16.5. The van der Waals surface area contributed by atoms with Gasteiger partial charge in [-0.15, -0.1) is 0 Å². The van der Waals surface area contributed by atoms with Crippen LogP contribution in [0.1, 0.15) is 19.8 Å². The number of esters is 1. The van der Waals surface area contributed by atoms with Gasteiger partial charge in [-0.1, -0.05) is 0 Å². The van der Waals surface area contributed by atoms with E-state index in [-0.39, 0.29) is 12.5 Å². The standard InChI is InChI=1S/C10H18N2O4/c1-2-16-8(13)10(7-11)3-5-12(6-4-10)9(14)15/h2-7,11H2,1H3,(H,14,15). The third-order valence-corrected chi connectivity index (χ3v) is 3.09. The minimum Gasteiger partial charge on any atom is -0.466 e. The third-order valence-electron chi connectivity index (χ3n) is 3.09. The van der Waals surface area contributed by atoms with Crippen LogP contribution in [0.4, 0.5) is 4.79 Å². The number of likely N-dealkylation sites (tertiary alicyclic amines) is 1. The van der Waals surface area contributed by atoms with Gasteiger partial charge in [-0.2, -0.15) is 0 Å². The van der Waals surface area contributed by atoms with Crippen molar-refractivity contribution in [3.63, 3.8) is 0 Å². The minimum atomic E-state index is -0.950. The summed E-state index contributed by atoms with van der Waals surface area (Å²) in [7, 11) is 0. The van der Waals surface area contributed by atoms with Gasteiger partial charge < -0.3 is 20.5 Å². The van der Waals surface area contributed by atoms with Gasteiger partial charge in [-0.3, -0.25) is 4.79 Å². The molecule has 1 aliphatic rings.